The standard InChI is InChI=1S/C15H18N2O2/c1-10-6-11(2)17-15(14(10)8-16)19-13-5-3-4-12(7-13)9-18/h3-7,18H,8-9,16H2,1-2H3. The molecule has 0 amide bonds. The van der Waals surface area contributed by atoms with Crippen molar-refractivity contribution in [3.05, 3.63) is 52.7 Å². The van der Waals surface area contributed by atoms with Gasteiger partial charge in [0.2, 0.25) is 5.88 Å². The van der Waals surface area contributed by atoms with Gasteiger partial charge in [0.1, 0.15) is 5.75 Å². The normalized spacial score (nSPS) is 10.5. The van der Waals surface area contributed by atoms with E-state index in [9.17, 15) is 0 Å². The second kappa shape index (κ2) is 5.82. The van der Waals surface area contributed by atoms with Crippen LogP contribution >= 0.6 is 0 Å². The molecule has 19 heavy (non-hydrogen) atoms. The molecule has 0 aliphatic heterocycles. The first kappa shape index (κ1) is 13.5. The molecular formula is C15H18N2O2. The zero-order valence-corrected chi connectivity index (χ0v) is 11.2. The van der Waals surface area contributed by atoms with Crippen molar-refractivity contribution < 1.29 is 9.84 Å². The van der Waals surface area contributed by atoms with Crippen LogP contribution in [-0.4, -0.2) is 10.1 Å². The Morgan fingerprint density at radius 3 is 2.74 bits per heavy atom. The smallest absolute Gasteiger partial charge is 0.224 e. The van der Waals surface area contributed by atoms with E-state index in [4.69, 9.17) is 15.6 Å². The van der Waals surface area contributed by atoms with Gasteiger partial charge in [-0.1, -0.05) is 12.1 Å². The molecule has 2 rings (SSSR count). The van der Waals surface area contributed by atoms with Crippen LogP contribution in [-0.2, 0) is 13.2 Å². The molecule has 1 heterocycles. The molecule has 4 heteroatoms. The first-order valence-electron chi connectivity index (χ1n) is 6.19. The van der Waals surface area contributed by atoms with Crippen molar-refractivity contribution in [2.24, 2.45) is 5.73 Å². The van der Waals surface area contributed by atoms with Gasteiger partial charge in [-0.15, -0.1) is 0 Å². The minimum atomic E-state index is -0.0127. The van der Waals surface area contributed by atoms with Crippen LogP contribution in [0.15, 0.2) is 30.3 Å². The zero-order valence-electron chi connectivity index (χ0n) is 11.2. The Balaban J connectivity index is 2.36. The molecule has 3 N–H and O–H groups in total. The minimum Gasteiger partial charge on any atom is -0.439 e. The maximum atomic E-state index is 9.13. The van der Waals surface area contributed by atoms with Crippen molar-refractivity contribution in [3.63, 3.8) is 0 Å². The quantitative estimate of drug-likeness (QED) is 0.883. The number of nitrogens with zero attached hydrogens (tertiary/aromatic N) is 1. The van der Waals surface area contributed by atoms with E-state index in [2.05, 4.69) is 4.98 Å². The first-order valence-corrected chi connectivity index (χ1v) is 6.19. The van der Waals surface area contributed by atoms with E-state index in [0.29, 0.717) is 18.2 Å². The third-order valence-electron chi connectivity index (χ3n) is 2.94. The van der Waals surface area contributed by atoms with E-state index in [-0.39, 0.29) is 6.61 Å². The summed E-state index contributed by atoms with van der Waals surface area (Å²) in [5.41, 5.74) is 9.42. The second-order valence-electron chi connectivity index (χ2n) is 4.48. The van der Waals surface area contributed by atoms with E-state index in [0.717, 1.165) is 22.4 Å². The maximum Gasteiger partial charge on any atom is 0.224 e. The second-order valence-corrected chi connectivity index (χ2v) is 4.48. The molecule has 0 aliphatic carbocycles. The third-order valence-corrected chi connectivity index (χ3v) is 2.94. The fourth-order valence-electron chi connectivity index (χ4n) is 1.98. The lowest BCUT2D eigenvalue weighted by molar-refractivity contribution is 0.281. The summed E-state index contributed by atoms with van der Waals surface area (Å²) < 4.78 is 5.80. The van der Waals surface area contributed by atoms with Gasteiger partial charge in [-0.3, -0.25) is 0 Å². The van der Waals surface area contributed by atoms with Gasteiger partial charge in [-0.2, -0.15) is 0 Å². The maximum absolute atomic E-state index is 9.13. The van der Waals surface area contributed by atoms with Crippen molar-refractivity contribution in [2.45, 2.75) is 27.0 Å². The monoisotopic (exact) mass is 258 g/mol. The van der Waals surface area contributed by atoms with E-state index < -0.39 is 0 Å². The van der Waals surface area contributed by atoms with Gasteiger partial charge < -0.3 is 15.6 Å². The number of aryl methyl sites for hydroxylation is 2. The van der Waals surface area contributed by atoms with E-state index in [1.807, 2.05) is 38.1 Å². The Morgan fingerprint density at radius 2 is 2.05 bits per heavy atom. The Kier molecular flexibility index (Phi) is 4.14. The number of aliphatic hydroxyl groups is 1. The minimum absolute atomic E-state index is 0.0127. The highest BCUT2D eigenvalue weighted by molar-refractivity contribution is 5.39. The van der Waals surface area contributed by atoms with Crippen LogP contribution in [0.1, 0.15) is 22.4 Å². The molecule has 0 aliphatic rings. The molecule has 2 aromatic rings. The number of hydrogen-bond acceptors (Lipinski definition) is 4. The van der Waals surface area contributed by atoms with Gasteiger partial charge in [0.15, 0.2) is 0 Å². The van der Waals surface area contributed by atoms with Crippen molar-refractivity contribution in [1.29, 1.82) is 0 Å². The molecule has 0 saturated heterocycles. The Bertz CT molecular complexity index is 582. The average Bonchev–Trinajstić information content (AvgIpc) is 2.38. The lowest BCUT2D eigenvalue weighted by Gasteiger charge is -2.12. The highest BCUT2D eigenvalue weighted by atomic mass is 16.5. The molecule has 0 spiro atoms. The Hall–Kier alpha value is -1.91. The van der Waals surface area contributed by atoms with Gasteiger partial charge in [-0.25, -0.2) is 4.98 Å². The van der Waals surface area contributed by atoms with Crippen LogP contribution < -0.4 is 10.5 Å². The van der Waals surface area contributed by atoms with E-state index in [1.165, 1.54) is 0 Å². The molecule has 0 unspecified atom stereocenters. The largest absolute Gasteiger partial charge is 0.439 e. The summed E-state index contributed by atoms with van der Waals surface area (Å²) in [6, 6.07) is 9.29. The topological polar surface area (TPSA) is 68.4 Å². The van der Waals surface area contributed by atoms with Gasteiger partial charge in [0.25, 0.3) is 0 Å². The number of benzene rings is 1. The van der Waals surface area contributed by atoms with Crippen LogP contribution in [0.25, 0.3) is 0 Å². The number of aromatic nitrogens is 1. The number of hydrogen-bond donors (Lipinski definition) is 2. The summed E-state index contributed by atoms with van der Waals surface area (Å²) >= 11 is 0. The van der Waals surface area contributed by atoms with Crippen molar-refractivity contribution in [1.82, 2.24) is 4.98 Å². The van der Waals surface area contributed by atoms with Crippen molar-refractivity contribution >= 4 is 0 Å². The molecule has 1 aromatic heterocycles. The van der Waals surface area contributed by atoms with Gasteiger partial charge >= 0.3 is 0 Å². The van der Waals surface area contributed by atoms with Crippen LogP contribution in [0.5, 0.6) is 11.6 Å². The molecule has 0 bridgehead atoms. The molecule has 1 aromatic carbocycles. The first-order chi connectivity index (χ1) is 9.13. The number of rotatable bonds is 4. The van der Waals surface area contributed by atoms with Crippen molar-refractivity contribution in [2.75, 3.05) is 0 Å². The predicted octanol–water partition coefficient (Wildman–Crippen LogP) is 2.44. The summed E-state index contributed by atoms with van der Waals surface area (Å²) in [5.74, 6) is 1.19. The van der Waals surface area contributed by atoms with Crippen LogP contribution in [0, 0.1) is 13.8 Å². The molecular weight excluding hydrogens is 240 g/mol. The lowest BCUT2D eigenvalue weighted by atomic mass is 10.1. The van der Waals surface area contributed by atoms with E-state index >= 15 is 0 Å². The molecule has 4 nitrogen and oxygen atoms in total. The fourth-order valence-corrected chi connectivity index (χ4v) is 1.98. The summed E-state index contributed by atoms with van der Waals surface area (Å²) in [4.78, 5) is 4.39. The number of ether oxygens (including phenoxy) is 1. The highest BCUT2D eigenvalue weighted by Crippen LogP contribution is 2.26. The van der Waals surface area contributed by atoms with Crippen LogP contribution in [0.4, 0.5) is 0 Å². The SMILES string of the molecule is Cc1cc(C)c(CN)c(Oc2cccc(CO)c2)n1. The van der Waals surface area contributed by atoms with Crippen LogP contribution in [0.2, 0.25) is 0 Å². The van der Waals surface area contributed by atoms with Gasteiger partial charge in [-0.05, 0) is 43.2 Å². The number of aliphatic hydroxyl groups excluding tert-OH is 1. The van der Waals surface area contributed by atoms with Crippen molar-refractivity contribution in [3.8, 4) is 11.6 Å². The molecule has 0 radical (unpaired) electrons. The Morgan fingerprint density at radius 1 is 1.26 bits per heavy atom. The summed E-state index contributed by atoms with van der Waals surface area (Å²) in [6.07, 6.45) is 0. The highest BCUT2D eigenvalue weighted by Gasteiger charge is 2.10. The summed E-state index contributed by atoms with van der Waals surface area (Å²) in [5, 5.41) is 9.13. The van der Waals surface area contributed by atoms with Gasteiger partial charge in [0.05, 0.1) is 6.61 Å². The average molecular weight is 258 g/mol. The Labute approximate surface area is 112 Å². The zero-order chi connectivity index (χ0) is 13.8. The lowest BCUT2D eigenvalue weighted by Crippen LogP contribution is -2.05. The van der Waals surface area contributed by atoms with Gasteiger partial charge in [0, 0.05) is 17.8 Å². The molecule has 0 fully saturated rings. The summed E-state index contributed by atoms with van der Waals surface area (Å²) in [7, 11) is 0. The number of pyridine rings is 1. The van der Waals surface area contributed by atoms with E-state index in [1.54, 1.807) is 6.07 Å². The fraction of sp³-hybridized carbons (Fsp3) is 0.267. The molecule has 100 valence electrons. The van der Waals surface area contributed by atoms with Crippen LogP contribution in [0.3, 0.4) is 0 Å². The predicted molar refractivity (Wildman–Crippen MR) is 74.0 cm³/mol. The molecule has 0 saturated carbocycles. The molecule has 0 atom stereocenters. The number of nitrogens with two attached hydrogens (primary N) is 1. The third kappa shape index (κ3) is 3.10. The summed E-state index contributed by atoms with van der Waals surface area (Å²) in [6.45, 7) is 4.29.